The average molecular weight is 252 g/mol. The number of hydrogen-bond donors (Lipinski definition) is 1. The van der Waals surface area contributed by atoms with E-state index < -0.39 is 0 Å². The monoisotopic (exact) mass is 252 g/mol. The van der Waals surface area contributed by atoms with Gasteiger partial charge in [-0.2, -0.15) is 0 Å². The molecule has 3 heteroatoms. The van der Waals surface area contributed by atoms with E-state index in [4.69, 9.17) is 0 Å². The van der Waals surface area contributed by atoms with Crippen LogP contribution in [0.4, 0.5) is 0 Å². The van der Waals surface area contributed by atoms with Crippen molar-refractivity contribution >= 4 is 0 Å². The molecule has 0 bridgehead atoms. The van der Waals surface area contributed by atoms with Gasteiger partial charge in [0.15, 0.2) is 0 Å². The zero-order valence-corrected chi connectivity index (χ0v) is 11.9. The van der Waals surface area contributed by atoms with Crippen LogP contribution in [0.25, 0.3) is 0 Å². The molecule has 0 radical (unpaired) electrons. The summed E-state index contributed by atoms with van der Waals surface area (Å²) in [6.45, 7) is 9.59. The number of aliphatic hydroxyl groups excluding tert-OH is 1. The highest BCUT2D eigenvalue weighted by Crippen LogP contribution is 2.38. The first-order chi connectivity index (χ1) is 8.55. The lowest BCUT2D eigenvalue weighted by Gasteiger charge is -2.48. The summed E-state index contributed by atoms with van der Waals surface area (Å²) in [6.07, 6.45) is 5.98. The molecule has 2 heterocycles. The molecule has 2 aliphatic heterocycles. The normalized spacial score (nSPS) is 41.8. The summed E-state index contributed by atoms with van der Waals surface area (Å²) in [5, 5.41) is 10.3. The van der Waals surface area contributed by atoms with Crippen molar-refractivity contribution in [3.63, 3.8) is 0 Å². The van der Waals surface area contributed by atoms with Crippen LogP contribution >= 0.6 is 0 Å². The van der Waals surface area contributed by atoms with Crippen LogP contribution in [-0.4, -0.2) is 59.3 Å². The Morgan fingerprint density at radius 1 is 1.06 bits per heavy atom. The van der Waals surface area contributed by atoms with Crippen LogP contribution < -0.4 is 0 Å². The number of hydrogen-bond acceptors (Lipinski definition) is 3. The van der Waals surface area contributed by atoms with Gasteiger partial charge in [-0.05, 0) is 44.1 Å². The van der Waals surface area contributed by atoms with Gasteiger partial charge in [0.25, 0.3) is 0 Å². The van der Waals surface area contributed by atoms with E-state index >= 15 is 0 Å². The lowest BCUT2D eigenvalue weighted by Crippen LogP contribution is -2.58. The van der Waals surface area contributed by atoms with Crippen molar-refractivity contribution in [3.05, 3.63) is 0 Å². The third-order valence-electron chi connectivity index (χ3n) is 5.41. The zero-order chi connectivity index (χ0) is 12.8. The number of fused-ring (bicyclic) bond motifs is 1. The first-order valence-electron chi connectivity index (χ1n) is 7.71. The van der Waals surface area contributed by atoms with Crippen LogP contribution in [0.5, 0.6) is 0 Å². The van der Waals surface area contributed by atoms with Crippen molar-refractivity contribution < 1.29 is 5.11 Å². The van der Waals surface area contributed by atoms with E-state index in [1.807, 2.05) is 0 Å². The Kier molecular flexibility index (Phi) is 3.41. The summed E-state index contributed by atoms with van der Waals surface area (Å²) in [7, 11) is 0. The molecule has 0 aromatic carbocycles. The summed E-state index contributed by atoms with van der Waals surface area (Å²) >= 11 is 0. The van der Waals surface area contributed by atoms with E-state index in [1.54, 1.807) is 0 Å². The third kappa shape index (κ3) is 2.45. The van der Waals surface area contributed by atoms with Crippen LogP contribution in [-0.2, 0) is 0 Å². The minimum absolute atomic E-state index is 0.0917. The number of rotatable bonds is 1. The smallest absolute Gasteiger partial charge is 0.0695 e. The molecule has 1 aliphatic carbocycles. The maximum Gasteiger partial charge on any atom is 0.0695 e. The van der Waals surface area contributed by atoms with Gasteiger partial charge in [-0.25, -0.2) is 0 Å². The first kappa shape index (κ1) is 12.9. The van der Waals surface area contributed by atoms with Crippen LogP contribution in [0.3, 0.4) is 0 Å². The highest BCUT2D eigenvalue weighted by Gasteiger charge is 2.40. The summed E-state index contributed by atoms with van der Waals surface area (Å²) in [4.78, 5) is 5.24. The lowest BCUT2D eigenvalue weighted by atomic mass is 9.73. The second kappa shape index (κ2) is 4.77. The molecule has 3 atom stereocenters. The Morgan fingerprint density at radius 2 is 1.83 bits per heavy atom. The Balaban J connectivity index is 1.66. The van der Waals surface area contributed by atoms with E-state index in [9.17, 15) is 5.11 Å². The van der Waals surface area contributed by atoms with E-state index in [0.29, 0.717) is 11.5 Å². The fraction of sp³-hybridized carbons (Fsp3) is 1.00. The Hall–Kier alpha value is -0.120. The topological polar surface area (TPSA) is 26.7 Å². The minimum Gasteiger partial charge on any atom is -0.391 e. The molecule has 3 aliphatic rings. The highest BCUT2D eigenvalue weighted by molar-refractivity contribution is 4.95. The Labute approximate surface area is 111 Å². The summed E-state index contributed by atoms with van der Waals surface area (Å²) in [5.74, 6) is 0. The summed E-state index contributed by atoms with van der Waals surface area (Å²) in [6, 6.07) is 1.19. The van der Waals surface area contributed by atoms with Crippen molar-refractivity contribution in [1.29, 1.82) is 0 Å². The molecule has 104 valence electrons. The van der Waals surface area contributed by atoms with Crippen LogP contribution in [0.1, 0.15) is 46.0 Å². The van der Waals surface area contributed by atoms with Crippen LogP contribution in [0, 0.1) is 5.41 Å². The Morgan fingerprint density at radius 3 is 2.67 bits per heavy atom. The van der Waals surface area contributed by atoms with E-state index in [1.165, 1.54) is 45.3 Å². The molecule has 18 heavy (non-hydrogen) atoms. The molecule has 3 unspecified atom stereocenters. The van der Waals surface area contributed by atoms with Gasteiger partial charge in [0.05, 0.1) is 6.10 Å². The van der Waals surface area contributed by atoms with E-state index in [2.05, 4.69) is 23.6 Å². The molecular weight excluding hydrogens is 224 g/mol. The predicted molar refractivity (Wildman–Crippen MR) is 73.6 cm³/mol. The van der Waals surface area contributed by atoms with Gasteiger partial charge >= 0.3 is 0 Å². The van der Waals surface area contributed by atoms with Gasteiger partial charge in [0.2, 0.25) is 0 Å². The standard InChI is InChI=1S/C15H28N2O/c1-15(2)6-5-14(18)13(10-15)17-9-8-16-7-3-4-12(16)11-17/h12-14,18H,3-11H2,1-2H3. The molecule has 3 fully saturated rings. The van der Waals surface area contributed by atoms with Gasteiger partial charge in [-0.15, -0.1) is 0 Å². The molecule has 0 aromatic heterocycles. The van der Waals surface area contributed by atoms with Gasteiger partial charge in [-0.3, -0.25) is 9.80 Å². The molecule has 0 spiro atoms. The van der Waals surface area contributed by atoms with Crippen molar-refractivity contribution in [2.75, 3.05) is 26.2 Å². The molecule has 1 N–H and O–H groups in total. The van der Waals surface area contributed by atoms with E-state index in [0.717, 1.165) is 19.0 Å². The molecule has 3 nitrogen and oxygen atoms in total. The first-order valence-corrected chi connectivity index (χ1v) is 7.71. The molecule has 3 rings (SSSR count). The van der Waals surface area contributed by atoms with Crippen LogP contribution in [0.15, 0.2) is 0 Å². The molecule has 0 amide bonds. The zero-order valence-electron chi connectivity index (χ0n) is 11.9. The second-order valence-electron chi connectivity index (χ2n) is 7.37. The van der Waals surface area contributed by atoms with Crippen molar-refractivity contribution in [3.8, 4) is 0 Å². The minimum atomic E-state index is -0.0917. The lowest BCUT2D eigenvalue weighted by molar-refractivity contribution is -0.0410. The average Bonchev–Trinajstić information content (AvgIpc) is 2.79. The van der Waals surface area contributed by atoms with Crippen molar-refractivity contribution in [2.24, 2.45) is 5.41 Å². The summed E-state index contributed by atoms with van der Waals surface area (Å²) in [5.41, 5.74) is 0.413. The Bertz CT molecular complexity index is 305. The van der Waals surface area contributed by atoms with Crippen LogP contribution in [0.2, 0.25) is 0 Å². The molecule has 1 saturated carbocycles. The van der Waals surface area contributed by atoms with E-state index in [-0.39, 0.29) is 6.10 Å². The quantitative estimate of drug-likeness (QED) is 0.769. The predicted octanol–water partition coefficient (Wildman–Crippen LogP) is 1.71. The fourth-order valence-corrected chi connectivity index (χ4v) is 4.22. The molecular formula is C15H28N2O. The largest absolute Gasteiger partial charge is 0.391 e. The molecule has 2 saturated heterocycles. The maximum absolute atomic E-state index is 10.3. The maximum atomic E-state index is 10.3. The van der Waals surface area contributed by atoms with Crippen molar-refractivity contribution in [1.82, 2.24) is 9.80 Å². The van der Waals surface area contributed by atoms with Gasteiger partial charge in [0.1, 0.15) is 0 Å². The number of piperazine rings is 1. The van der Waals surface area contributed by atoms with Gasteiger partial charge in [0, 0.05) is 31.7 Å². The second-order valence-corrected chi connectivity index (χ2v) is 7.37. The van der Waals surface area contributed by atoms with Crippen molar-refractivity contribution in [2.45, 2.75) is 64.1 Å². The fourth-order valence-electron chi connectivity index (χ4n) is 4.22. The van der Waals surface area contributed by atoms with Gasteiger partial charge in [-0.1, -0.05) is 13.8 Å². The number of aliphatic hydroxyl groups is 1. The SMILES string of the molecule is CC1(C)CCC(O)C(N2CCN3CCCC3C2)C1. The third-order valence-corrected chi connectivity index (χ3v) is 5.41. The molecule has 0 aromatic rings. The summed E-state index contributed by atoms with van der Waals surface area (Å²) < 4.78 is 0. The number of nitrogens with zero attached hydrogens (tertiary/aromatic N) is 2. The highest BCUT2D eigenvalue weighted by atomic mass is 16.3. The van der Waals surface area contributed by atoms with Gasteiger partial charge < -0.3 is 5.11 Å².